The Balaban J connectivity index is 4.22. The first-order chi connectivity index (χ1) is 4.46. The topological polar surface area (TPSA) is 44.2 Å². The Hall–Kier alpha value is -1.12. The van der Waals surface area contributed by atoms with Crippen LogP contribution in [0.25, 0.3) is 0 Å². The minimum atomic E-state index is -0.299. The monoisotopic (exact) mass is 140 g/mol. The van der Waals surface area contributed by atoms with Crippen molar-refractivity contribution in [2.24, 2.45) is 0 Å². The molecule has 0 saturated heterocycles. The summed E-state index contributed by atoms with van der Waals surface area (Å²) in [5.74, 6) is -0.299. The SMILES string of the molecule is C=C(C)N(C)C(=O)C(C)=N. The highest BCUT2D eigenvalue weighted by Gasteiger charge is 2.09. The highest BCUT2D eigenvalue weighted by atomic mass is 16.2. The number of nitrogens with one attached hydrogen (secondary N) is 1. The third kappa shape index (κ3) is 2.01. The number of allylic oxidation sites excluding steroid dienone is 1. The van der Waals surface area contributed by atoms with E-state index in [4.69, 9.17) is 5.41 Å². The van der Waals surface area contributed by atoms with Crippen molar-refractivity contribution in [2.45, 2.75) is 13.8 Å². The molecule has 0 spiro atoms. The summed E-state index contributed by atoms with van der Waals surface area (Å²) in [5.41, 5.74) is 0.683. The van der Waals surface area contributed by atoms with E-state index >= 15 is 0 Å². The maximum Gasteiger partial charge on any atom is 0.271 e. The lowest BCUT2D eigenvalue weighted by Crippen LogP contribution is -2.29. The molecule has 0 bridgehead atoms. The van der Waals surface area contributed by atoms with Crippen LogP contribution >= 0.6 is 0 Å². The Morgan fingerprint density at radius 1 is 1.50 bits per heavy atom. The van der Waals surface area contributed by atoms with Gasteiger partial charge in [-0.05, 0) is 13.8 Å². The van der Waals surface area contributed by atoms with Gasteiger partial charge in [-0.25, -0.2) is 0 Å². The molecule has 0 atom stereocenters. The second-order valence-corrected chi connectivity index (χ2v) is 2.22. The second kappa shape index (κ2) is 3.15. The van der Waals surface area contributed by atoms with Gasteiger partial charge in [0.25, 0.3) is 5.91 Å². The van der Waals surface area contributed by atoms with Crippen LogP contribution in [-0.2, 0) is 4.79 Å². The summed E-state index contributed by atoms with van der Waals surface area (Å²) in [6.07, 6.45) is 0. The predicted octanol–water partition coefficient (Wildman–Crippen LogP) is 1.02. The summed E-state index contributed by atoms with van der Waals surface area (Å²) < 4.78 is 0. The van der Waals surface area contributed by atoms with E-state index in [0.29, 0.717) is 5.70 Å². The highest BCUT2D eigenvalue weighted by Crippen LogP contribution is 1.96. The molecule has 0 aromatic heterocycles. The van der Waals surface area contributed by atoms with Gasteiger partial charge in [0, 0.05) is 12.7 Å². The number of rotatable bonds is 2. The lowest BCUT2D eigenvalue weighted by molar-refractivity contribution is -0.121. The molecule has 1 amide bonds. The molecule has 0 heterocycles. The van der Waals surface area contributed by atoms with Gasteiger partial charge < -0.3 is 4.90 Å². The summed E-state index contributed by atoms with van der Waals surface area (Å²) in [4.78, 5) is 12.3. The van der Waals surface area contributed by atoms with Gasteiger partial charge >= 0.3 is 0 Å². The summed E-state index contributed by atoms with van der Waals surface area (Å²) in [5, 5.41) is 6.99. The van der Waals surface area contributed by atoms with Crippen LogP contribution in [0.1, 0.15) is 13.8 Å². The molecule has 0 fully saturated rings. The van der Waals surface area contributed by atoms with E-state index in [2.05, 4.69) is 6.58 Å². The van der Waals surface area contributed by atoms with Crippen LogP contribution in [0.4, 0.5) is 0 Å². The molecule has 0 aromatic rings. The van der Waals surface area contributed by atoms with E-state index < -0.39 is 0 Å². The van der Waals surface area contributed by atoms with E-state index in [1.807, 2.05) is 0 Å². The molecule has 0 aliphatic carbocycles. The third-order valence-corrected chi connectivity index (χ3v) is 1.20. The van der Waals surface area contributed by atoms with Gasteiger partial charge in [0.15, 0.2) is 0 Å². The van der Waals surface area contributed by atoms with E-state index in [-0.39, 0.29) is 11.6 Å². The number of carbonyl (C=O) groups excluding carboxylic acids is 1. The van der Waals surface area contributed by atoms with E-state index in [1.54, 1.807) is 14.0 Å². The van der Waals surface area contributed by atoms with E-state index in [0.717, 1.165) is 0 Å². The molecule has 0 aliphatic heterocycles. The van der Waals surface area contributed by atoms with Crippen LogP contribution in [0.5, 0.6) is 0 Å². The van der Waals surface area contributed by atoms with Gasteiger partial charge in [-0.1, -0.05) is 6.58 Å². The molecule has 0 radical (unpaired) electrons. The summed E-state index contributed by atoms with van der Waals surface area (Å²) >= 11 is 0. The predicted molar refractivity (Wildman–Crippen MR) is 41.0 cm³/mol. The van der Waals surface area contributed by atoms with Crippen molar-refractivity contribution in [3.8, 4) is 0 Å². The molecule has 0 aliphatic rings. The zero-order chi connectivity index (χ0) is 8.31. The summed E-state index contributed by atoms with van der Waals surface area (Å²) in [6, 6.07) is 0. The van der Waals surface area contributed by atoms with Crippen molar-refractivity contribution in [2.75, 3.05) is 7.05 Å². The van der Waals surface area contributed by atoms with Gasteiger partial charge in [0.2, 0.25) is 0 Å². The van der Waals surface area contributed by atoms with Gasteiger partial charge in [-0.15, -0.1) is 0 Å². The first kappa shape index (κ1) is 8.88. The lowest BCUT2D eigenvalue weighted by Gasteiger charge is -2.14. The smallest absolute Gasteiger partial charge is 0.271 e. The van der Waals surface area contributed by atoms with Gasteiger partial charge in [0.05, 0.1) is 5.71 Å². The third-order valence-electron chi connectivity index (χ3n) is 1.20. The van der Waals surface area contributed by atoms with Crippen LogP contribution in [-0.4, -0.2) is 23.6 Å². The first-order valence-corrected chi connectivity index (χ1v) is 2.95. The van der Waals surface area contributed by atoms with Crippen LogP contribution in [0, 0.1) is 5.41 Å². The normalized spacial score (nSPS) is 8.70. The number of hydrogen-bond donors (Lipinski definition) is 1. The molecule has 56 valence electrons. The fourth-order valence-electron chi connectivity index (χ4n) is 0.425. The fourth-order valence-corrected chi connectivity index (χ4v) is 0.425. The van der Waals surface area contributed by atoms with Gasteiger partial charge in [-0.3, -0.25) is 10.2 Å². The number of carbonyl (C=O) groups is 1. The van der Waals surface area contributed by atoms with Crippen LogP contribution in [0.2, 0.25) is 0 Å². The van der Waals surface area contributed by atoms with Crippen LogP contribution in [0.15, 0.2) is 12.3 Å². The standard InChI is InChI=1S/C7H12N2O/c1-5(2)9(4)7(10)6(3)8/h8H,1H2,2-4H3. The van der Waals surface area contributed by atoms with Crippen molar-refractivity contribution < 1.29 is 4.79 Å². The van der Waals surface area contributed by atoms with Crippen molar-refractivity contribution in [1.29, 1.82) is 5.41 Å². The van der Waals surface area contributed by atoms with Crippen LogP contribution < -0.4 is 0 Å². The molecule has 3 heteroatoms. The number of hydrogen-bond acceptors (Lipinski definition) is 2. The molecule has 10 heavy (non-hydrogen) atoms. The summed E-state index contributed by atoms with van der Waals surface area (Å²) in [7, 11) is 1.60. The van der Waals surface area contributed by atoms with E-state index in [9.17, 15) is 4.79 Å². The lowest BCUT2D eigenvalue weighted by atomic mass is 10.3. The number of nitrogens with zero attached hydrogens (tertiary/aromatic N) is 1. The Kier molecular flexibility index (Phi) is 2.80. The van der Waals surface area contributed by atoms with Crippen molar-refractivity contribution in [3.05, 3.63) is 12.3 Å². The minimum absolute atomic E-state index is 0.0329. The Labute approximate surface area is 60.8 Å². The molecule has 0 saturated carbocycles. The Bertz CT molecular complexity index is 184. The van der Waals surface area contributed by atoms with Crippen molar-refractivity contribution >= 4 is 11.6 Å². The van der Waals surface area contributed by atoms with Crippen molar-refractivity contribution in [1.82, 2.24) is 4.90 Å². The van der Waals surface area contributed by atoms with Gasteiger partial charge in [-0.2, -0.15) is 0 Å². The average Bonchev–Trinajstić information content (AvgIpc) is 1.84. The number of amides is 1. The van der Waals surface area contributed by atoms with Crippen molar-refractivity contribution in [3.63, 3.8) is 0 Å². The van der Waals surface area contributed by atoms with Crippen LogP contribution in [0.3, 0.4) is 0 Å². The molecule has 0 rings (SSSR count). The zero-order valence-corrected chi connectivity index (χ0v) is 6.56. The molecule has 1 N–H and O–H groups in total. The highest BCUT2D eigenvalue weighted by molar-refractivity contribution is 6.36. The maximum atomic E-state index is 10.9. The Morgan fingerprint density at radius 2 is 1.90 bits per heavy atom. The first-order valence-electron chi connectivity index (χ1n) is 2.95. The molecular weight excluding hydrogens is 128 g/mol. The average molecular weight is 140 g/mol. The molecular formula is C7H12N2O. The summed E-state index contributed by atoms with van der Waals surface area (Å²) in [6.45, 7) is 6.75. The van der Waals surface area contributed by atoms with Gasteiger partial charge in [0.1, 0.15) is 0 Å². The largest absolute Gasteiger partial charge is 0.315 e. The fraction of sp³-hybridized carbons (Fsp3) is 0.429. The maximum absolute atomic E-state index is 10.9. The molecule has 0 unspecified atom stereocenters. The Morgan fingerprint density at radius 3 is 2.00 bits per heavy atom. The molecule has 3 nitrogen and oxygen atoms in total. The molecule has 0 aromatic carbocycles. The van der Waals surface area contributed by atoms with E-state index in [1.165, 1.54) is 11.8 Å². The zero-order valence-electron chi connectivity index (χ0n) is 6.56. The minimum Gasteiger partial charge on any atom is -0.315 e. The second-order valence-electron chi connectivity index (χ2n) is 2.22. The quantitative estimate of drug-likeness (QED) is 0.572.